The third-order valence-corrected chi connectivity index (χ3v) is 6.31. The van der Waals surface area contributed by atoms with E-state index in [1.807, 2.05) is 29.2 Å². The number of piperazine rings is 1. The Hall–Kier alpha value is -2.61. The second-order valence-electron chi connectivity index (χ2n) is 7.13. The topological polar surface area (TPSA) is 65.5 Å². The number of thiazole rings is 1. The maximum Gasteiger partial charge on any atom is 0.257 e. The zero-order chi connectivity index (χ0) is 21.8. The molecule has 4 rings (SSSR count). The zero-order valence-corrected chi connectivity index (χ0v) is 18.9. The average molecular weight is 475 g/mol. The van der Waals surface area contributed by atoms with Crippen molar-refractivity contribution >= 4 is 57.2 Å². The molecule has 0 aliphatic carbocycles. The van der Waals surface area contributed by atoms with Crippen LogP contribution in [0.1, 0.15) is 16.1 Å². The fourth-order valence-electron chi connectivity index (χ4n) is 3.37. The molecule has 0 atom stereocenters. The van der Waals surface area contributed by atoms with Crippen molar-refractivity contribution in [2.24, 2.45) is 0 Å². The third-order valence-electron chi connectivity index (χ3n) is 5.02. The predicted octanol–water partition coefficient (Wildman–Crippen LogP) is 4.59. The molecular formula is C22H20Cl2N4O2S. The number of nitrogens with one attached hydrogen (secondary N) is 1. The van der Waals surface area contributed by atoms with E-state index < -0.39 is 0 Å². The standard InChI is InChI=1S/C22H20Cl2N4O2S/c23-16-6-4-15(5-7-16)21(30)26-22-25-18(14-31-22)13-20(29)28-10-8-27(9-11-28)19-3-1-2-17(24)12-19/h1-7,12,14H,8-11,13H2,(H,25,26,30). The lowest BCUT2D eigenvalue weighted by atomic mass is 10.2. The number of amides is 2. The van der Waals surface area contributed by atoms with Crippen molar-refractivity contribution in [2.75, 3.05) is 36.4 Å². The highest BCUT2D eigenvalue weighted by atomic mass is 35.5. The van der Waals surface area contributed by atoms with Crippen LogP contribution in [0.2, 0.25) is 10.0 Å². The van der Waals surface area contributed by atoms with Gasteiger partial charge in [-0.2, -0.15) is 0 Å². The monoisotopic (exact) mass is 474 g/mol. The Kier molecular flexibility index (Phi) is 6.75. The van der Waals surface area contributed by atoms with E-state index in [1.54, 1.807) is 29.6 Å². The molecule has 160 valence electrons. The number of hydrogen-bond donors (Lipinski definition) is 1. The van der Waals surface area contributed by atoms with Crippen molar-refractivity contribution < 1.29 is 9.59 Å². The van der Waals surface area contributed by atoms with Crippen LogP contribution >= 0.6 is 34.5 Å². The first-order valence-electron chi connectivity index (χ1n) is 9.77. The lowest BCUT2D eigenvalue weighted by Gasteiger charge is -2.36. The second-order valence-corrected chi connectivity index (χ2v) is 8.86. The van der Waals surface area contributed by atoms with Gasteiger partial charge in [0.1, 0.15) is 0 Å². The molecule has 1 aliphatic rings. The van der Waals surface area contributed by atoms with Crippen LogP contribution in [0.15, 0.2) is 53.9 Å². The molecular weight excluding hydrogens is 455 g/mol. The summed E-state index contributed by atoms with van der Waals surface area (Å²) in [6, 6.07) is 14.4. The van der Waals surface area contributed by atoms with E-state index in [2.05, 4.69) is 15.2 Å². The summed E-state index contributed by atoms with van der Waals surface area (Å²) in [7, 11) is 0. The SMILES string of the molecule is O=C(Nc1nc(CC(=O)N2CCN(c3cccc(Cl)c3)CC2)cs1)c1ccc(Cl)cc1. The van der Waals surface area contributed by atoms with Gasteiger partial charge >= 0.3 is 0 Å². The molecule has 2 amide bonds. The first-order valence-corrected chi connectivity index (χ1v) is 11.4. The molecule has 31 heavy (non-hydrogen) atoms. The van der Waals surface area contributed by atoms with Crippen molar-refractivity contribution in [3.8, 4) is 0 Å². The van der Waals surface area contributed by atoms with Crippen LogP contribution in [-0.2, 0) is 11.2 Å². The molecule has 0 unspecified atom stereocenters. The lowest BCUT2D eigenvalue weighted by Crippen LogP contribution is -2.49. The first-order chi connectivity index (χ1) is 15.0. The number of rotatable bonds is 5. The highest BCUT2D eigenvalue weighted by molar-refractivity contribution is 7.14. The maximum absolute atomic E-state index is 12.7. The summed E-state index contributed by atoms with van der Waals surface area (Å²) in [6.45, 7) is 2.81. The van der Waals surface area contributed by atoms with Crippen LogP contribution in [0.5, 0.6) is 0 Å². The van der Waals surface area contributed by atoms with Crippen molar-refractivity contribution in [3.05, 3.63) is 75.2 Å². The van der Waals surface area contributed by atoms with Gasteiger partial charge in [0.25, 0.3) is 5.91 Å². The molecule has 3 aromatic rings. The maximum atomic E-state index is 12.7. The number of anilines is 2. The number of halogens is 2. The number of carbonyl (C=O) groups is 2. The third kappa shape index (κ3) is 5.55. The normalized spacial score (nSPS) is 13.9. The van der Waals surface area contributed by atoms with Gasteiger partial charge in [-0.1, -0.05) is 29.3 Å². The highest BCUT2D eigenvalue weighted by Gasteiger charge is 2.22. The van der Waals surface area contributed by atoms with Crippen LogP contribution < -0.4 is 10.2 Å². The number of benzene rings is 2. The Balaban J connectivity index is 1.29. The summed E-state index contributed by atoms with van der Waals surface area (Å²) in [5.41, 5.74) is 2.22. The van der Waals surface area contributed by atoms with Crippen LogP contribution in [0.3, 0.4) is 0 Å². The van der Waals surface area contributed by atoms with Crippen LogP contribution in [0.25, 0.3) is 0 Å². The van der Waals surface area contributed by atoms with E-state index in [4.69, 9.17) is 23.2 Å². The van der Waals surface area contributed by atoms with E-state index in [0.717, 1.165) is 18.8 Å². The number of hydrogen-bond acceptors (Lipinski definition) is 5. The molecule has 1 saturated heterocycles. The van der Waals surface area contributed by atoms with Crippen LogP contribution in [0.4, 0.5) is 10.8 Å². The number of nitrogens with zero attached hydrogens (tertiary/aromatic N) is 3. The minimum Gasteiger partial charge on any atom is -0.368 e. The van der Waals surface area contributed by atoms with E-state index >= 15 is 0 Å². The molecule has 0 spiro atoms. The van der Waals surface area contributed by atoms with Gasteiger partial charge in [-0.3, -0.25) is 14.9 Å². The Morgan fingerprint density at radius 2 is 1.74 bits per heavy atom. The van der Waals surface area contributed by atoms with Crippen molar-refractivity contribution in [1.82, 2.24) is 9.88 Å². The summed E-state index contributed by atoms with van der Waals surface area (Å²) in [6.07, 6.45) is 0.213. The molecule has 1 aromatic heterocycles. The molecule has 6 nitrogen and oxygen atoms in total. The Morgan fingerprint density at radius 3 is 2.45 bits per heavy atom. The molecule has 0 bridgehead atoms. The highest BCUT2D eigenvalue weighted by Crippen LogP contribution is 2.22. The molecule has 1 aliphatic heterocycles. The molecule has 2 aromatic carbocycles. The van der Waals surface area contributed by atoms with Gasteiger partial charge in [0.15, 0.2) is 5.13 Å². The Bertz CT molecular complexity index is 1080. The van der Waals surface area contributed by atoms with Gasteiger partial charge in [-0.05, 0) is 42.5 Å². The van der Waals surface area contributed by atoms with E-state index in [0.29, 0.717) is 39.5 Å². The summed E-state index contributed by atoms with van der Waals surface area (Å²) in [5, 5.41) is 6.31. The summed E-state index contributed by atoms with van der Waals surface area (Å²) in [5.74, 6) is -0.229. The van der Waals surface area contributed by atoms with Gasteiger partial charge in [0.05, 0.1) is 12.1 Å². The Labute approximate surface area is 194 Å². The summed E-state index contributed by atoms with van der Waals surface area (Å²) < 4.78 is 0. The largest absolute Gasteiger partial charge is 0.368 e. The van der Waals surface area contributed by atoms with Crippen LogP contribution in [0, 0.1) is 0 Å². The van der Waals surface area contributed by atoms with Gasteiger partial charge in [0, 0.05) is 52.9 Å². The number of aromatic nitrogens is 1. The minimum absolute atomic E-state index is 0.0339. The van der Waals surface area contributed by atoms with E-state index in [1.165, 1.54) is 11.3 Å². The van der Waals surface area contributed by atoms with Crippen molar-refractivity contribution in [2.45, 2.75) is 6.42 Å². The second kappa shape index (κ2) is 9.68. The molecule has 9 heteroatoms. The van der Waals surface area contributed by atoms with Gasteiger partial charge < -0.3 is 9.80 Å². The molecule has 1 fully saturated rings. The fourth-order valence-corrected chi connectivity index (χ4v) is 4.39. The van der Waals surface area contributed by atoms with Crippen LogP contribution in [-0.4, -0.2) is 47.9 Å². The minimum atomic E-state index is -0.263. The molecule has 1 N–H and O–H groups in total. The van der Waals surface area contributed by atoms with Crippen molar-refractivity contribution in [1.29, 1.82) is 0 Å². The van der Waals surface area contributed by atoms with Gasteiger partial charge in [0.2, 0.25) is 5.91 Å². The average Bonchev–Trinajstić information content (AvgIpc) is 3.21. The lowest BCUT2D eigenvalue weighted by molar-refractivity contribution is -0.130. The van der Waals surface area contributed by atoms with E-state index in [-0.39, 0.29) is 18.2 Å². The van der Waals surface area contributed by atoms with E-state index in [9.17, 15) is 9.59 Å². The Morgan fingerprint density at radius 1 is 1.00 bits per heavy atom. The quantitative estimate of drug-likeness (QED) is 0.586. The number of carbonyl (C=O) groups excluding carboxylic acids is 2. The van der Waals surface area contributed by atoms with Crippen molar-refractivity contribution in [3.63, 3.8) is 0 Å². The summed E-state index contributed by atoms with van der Waals surface area (Å²) >= 11 is 13.2. The van der Waals surface area contributed by atoms with Gasteiger partial charge in [-0.15, -0.1) is 11.3 Å². The molecule has 0 saturated carbocycles. The van der Waals surface area contributed by atoms with Gasteiger partial charge in [-0.25, -0.2) is 4.98 Å². The molecule has 0 radical (unpaired) electrons. The zero-order valence-electron chi connectivity index (χ0n) is 16.6. The molecule has 2 heterocycles. The first kappa shape index (κ1) is 21.6. The predicted molar refractivity (Wildman–Crippen MR) is 125 cm³/mol. The summed E-state index contributed by atoms with van der Waals surface area (Å²) in [4.78, 5) is 33.5. The smallest absolute Gasteiger partial charge is 0.257 e. The fraction of sp³-hybridized carbons (Fsp3) is 0.227.